The first kappa shape index (κ1) is 58.0. The van der Waals surface area contributed by atoms with Gasteiger partial charge in [0.15, 0.2) is 0 Å². The predicted molar refractivity (Wildman–Crippen MR) is 463 cm³/mol. The zero-order valence-electron chi connectivity index (χ0n) is 55.4. The molecule has 0 spiro atoms. The minimum Gasteiger partial charge on any atom is -0.457 e. The van der Waals surface area contributed by atoms with Crippen LogP contribution in [0, 0.1) is 0 Å². The minimum absolute atomic E-state index is 1.03. The summed E-state index contributed by atoms with van der Waals surface area (Å²) in [5.41, 5.74) is 51.5. The second-order valence-corrected chi connectivity index (χ2v) is 26.3. The van der Waals surface area contributed by atoms with Crippen LogP contribution in [0.3, 0.4) is 0 Å². The zero-order chi connectivity index (χ0) is 59.6. The van der Waals surface area contributed by atoms with Gasteiger partial charge in [-0.15, -0.1) is 54.6 Å². The molecule has 10 aromatic carbocycles. The Kier molecular flexibility index (Phi) is 13.9. The third kappa shape index (κ3) is 7.30. The third-order valence-electron chi connectivity index (χ3n) is 23.5. The quantitative estimate of drug-likeness (QED) is 0.0977. The van der Waals surface area contributed by atoms with Crippen LogP contribution in [0.15, 0.2) is 4.42 Å². The highest BCUT2D eigenvalue weighted by Gasteiger charge is 2.33. The molecule has 0 fully saturated rings. The maximum atomic E-state index is 7.31. The van der Waals surface area contributed by atoms with Crippen LogP contribution in [-0.4, -0.2) is 235 Å². The summed E-state index contributed by atoms with van der Waals surface area (Å²) in [6.07, 6.45) is 0. The molecule has 0 aliphatic carbocycles. The molecule has 1 aromatic heterocycles. The lowest BCUT2D eigenvalue weighted by Gasteiger charge is -2.32. The molecule has 0 N–H and O–H groups in total. The van der Waals surface area contributed by atoms with Crippen LogP contribution in [0.2, 0.25) is 0 Å². The lowest BCUT2D eigenvalue weighted by atomic mass is 9.55. The molecular weight excluding hydrogens is 941 g/mol. The van der Waals surface area contributed by atoms with E-state index in [0.717, 1.165) is 11.2 Å². The molecule has 0 aliphatic heterocycles. The molecule has 1 nitrogen and oxygen atoms in total. The molecule has 356 valence electrons. The van der Waals surface area contributed by atoms with E-state index in [-0.39, 0.29) is 0 Å². The van der Waals surface area contributed by atoms with Crippen molar-refractivity contribution in [1.82, 2.24) is 0 Å². The first-order valence-corrected chi connectivity index (χ1v) is 30.2. The minimum atomic E-state index is 1.03. The molecule has 0 amide bonds. The van der Waals surface area contributed by atoms with Crippen LogP contribution >= 0.6 is 0 Å². The fourth-order valence-corrected chi connectivity index (χ4v) is 16.5. The average molecular weight is 1000 g/mol. The van der Waals surface area contributed by atoms with Gasteiger partial charge in [0.1, 0.15) is 247 Å². The second kappa shape index (κ2) is 19.4. The molecule has 11 rings (SSSR count). The summed E-state index contributed by atoms with van der Waals surface area (Å²) in [6.45, 7) is 0. The van der Waals surface area contributed by atoms with E-state index in [2.05, 4.69) is 235 Å². The van der Waals surface area contributed by atoms with Crippen molar-refractivity contribution in [2.45, 2.75) is 0 Å². The van der Waals surface area contributed by atoms with Crippen molar-refractivity contribution < 1.29 is 4.42 Å². The predicted octanol–water partition coefficient (Wildman–Crippen LogP) is -37.9. The Labute approximate surface area is 509 Å². The number of rotatable bonds is 3. The second-order valence-electron chi connectivity index (χ2n) is 26.3. The lowest BCUT2D eigenvalue weighted by Crippen LogP contribution is -2.52. The third-order valence-corrected chi connectivity index (χ3v) is 23.5. The van der Waals surface area contributed by atoms with Gasteiger partial charge in [-0.05, 0) is 87.2 Å². The number of hydrogen-bond donors (Lipinski definition) is 0. The van der Waals surface area contributed by atoms with Crippen LogP contribution in [0.5, 0.6) is 0 Å². The summed E-state index contributed by atoms with van der Waals surface area (Å²) in [5, 5.41) is 16.6. The normalized spacial score (nSPS) is 12.0. The van der Waals surface area contributed by atoms with Crippen LogP contribution < -0.4 is 164 Å². The summed E-state index contributed by atoms with van der Waals surface area (Å²) in [6, 6.07) is 0. The highest BCUT2D eigenvalue weighted by atomic mass is 16.3. The smallest absolute Gasteiger partial charge is 0.143 e. The van der Waals surface area contributed by atoms with Crippen LogP contribution in [0.1, 0.15) is 0 Å². The lowest BCUT2D eigenvalue weighted by molar-refractivity contribution is 0.675. The highest BCUT2D eigenvalue weighted by Crippen LogP contribution is 2.41. The molecule has 0 atom stereocenters. The highest BCUT2D eigenvalue weighted by molar-refractivity contribution is 6.79. The summed E-state index contributed by atoms with van der Waals surface area (Å²) in [5.74, 6) is 0. The molecule has 0 saturated heterocycles. The summed E-state index contributed by atoms with van der Waals surface area (Å²) in [7, 11) is 71.5. The van der Waals surface area contributed by atoms with Crippen molar-refractivity contribution in [3.8, 4) is 33.4 Å². The fourth-order valence-electron chi connectivity index (χ4n) is 16.5. The monoisotopic (exact) mass is 1010 g/mol. The van der Waals surface area contributed by atoms with Gasteiger partial charge in [0.05, 0.1) is 0 Å². The van der Waals surface area contributed by atoms with Gasteiger partial charge in [-0.25, -0.2) is 0 Å². The van der Waals surface area contributed by atoms with Gasteiger partial charge in [-0.3, -0.25) is 0 Å². The van der Waals surface area contributed by atoms with E-state index in [1.807, 2.05) is 0 Å². The van der Waals surface area contributed by atoms with Gasteiger partial charge in [0, 0.05) is 10.8 Å². The summed E-state index contributed by atoms with van der Waals surface area (Å²) < 4.78 is 7.31. The zero-order valence-corrected chi connectivity index (χ0v) is 55.4. The van der Waals surface area contributed by atoms with Crippen molar-refractivity contribution in [3.05, 3.63) is 0 Å². The first-order valence-electron chi connectivity index (χ1n) is 30.2. The van der Waals surface area contributed by atoms with Crippen molar-refractivity contribution >= 4 is 475 Å². The molecule has 1 heterocycles. The van der Waals surface area contributed by atoms with E-state index in [9.17, 15) is 0 Å². The van der Waals surface area contributed by atoms with Gasteiger partial charge in [-0.2, -0.15) is 0 Å². The van der Waals surface area contributed by atoms with E-state index in [4.69, 9.17) is 4.42 Å². The van der Waals surface area contributed by atoms with Crippen LogP contribution in [-0.2, 0) is 0 Å². The van der Waals surface area contributed by atoms with Gasteiger partial charge in [-0.1, -0.05) is 109 Å². The Morgan fingerprint density at radius 1 is 0.111 bits per heavy atom. The molecule has 0 saturated carbocycles. The molecule has 81 heavy (non-hydrogen) atoms. The summed E-state index contributed by atoms with van der Waals surface area (Å²) in [4.78, 5) is 0. The maximum absolute atomic E-state index is 7.31. The molecule has 0 bridgehead atoms. The van der Waals surface area contributed by atoms with Gasteiger partial charge >= 0.3 is 0 Å². The van der Waals surface area contributed by atoms with Gasteiger partial charge in [0.25, 0.3) is 0 Å². The van der Waals surface area contributed by atoms with Crippen LogP contribution in [0.25, 0.3) is 109 Å². The largest absolute Gasteiger partial charge is 0.457 e. The maximum Gasteiger partial charge on any atom is 0.143 e. The Morgan fingerprint density at radius 2 is 0.296 bits per heavy atom. The van der Waals surface area contributed by atoms with Crippen molar-refractivity contribution in [2.24, 2.45) is 0 Å². The van der Waals surface area contributed by atoms with E-state index in [0.29, 0.717) is 0 Å². The van der Waals surface area contributed by atoms with Crippen LogP contribution in [0.4, 0.5) is 0 Å². The van der Waals surface area contributed by atoms with Crippen molar-refractivity contribution in [1.29, 1.82) is 0 Å². The van der Waals surface area contributed by atoms with E-state index >= 15 is 0 Å². The van der Waals surface area contributed by atoms with E-state index in [1.165, 1.54) is 262 Å². The first-order chi connectivity index (χ1) is 37.8. The Bertz CT molecular complexity index is 4820. The molecule has 0 aliphatic rings. The van der Waals surface area contributed by atoms with E-state index in [1.54, 1.807) is 0 Å². The standard InChI is InChI=1S/C50H60B30O/c51-19-9(7-8(26(58)42(74)41(73)25(7)57)10-15(19)33(65)45(77)43(75)27(10)59)16-31(63)29(61)14(30(62)32(16)64)2-5-3(21(53)37(69)39(71)23(5)55)1(4-6(2)24(56)40(72)38(70)22(4)54)13-20(52)18-12-11-17(34(66)46(78)44(76)28(11)60)36(68)47(79)49(12)81-50(18)48(80)35(13)67/h51-80H2. The number of hydrogen-bond acceptors (Lipinski definition) is 1. The molecule has 0 unspecified atom stereocenters. The summed E-state index contributed by atoms with van der Waals surface area (Å²) >= 11 is 0. The molecular formula is C50H60B30O. The molecule has 31 heteroatoms. The Balaban J connectivity index is 1.38. The van der Waals surface area contributed by atoms with E-state index < -0.39 is 0 Å². The molecule has 11 aromatic rings. The SMILES string of the molecule is Bc1c(B)c(-c2c(B)c3c(B)c(B)c(B)c(B)c3c3c(B)c(B)c(B)c(B)c23)c(B)c(B)c1-c1c2c(B)c(B)c(B)c(B)c2c(-c2c(B)c(B)c3oc4c(B)c(B)c5c(B)c(B)c(B)c(B)c5c4c3c2B)c2c(B)c(B)c(B)c(B)c12. The number of benzene rings is 10. The molecule has 0 radical (unpaired) electrons. The van der Waals surface area contributed by atoms with Crippen molar-refractivity contribution in [3.63, 3.8) is 0 Å². The average Bonchev–Trinajstić information content (AvgIpc) is 3.94. The topological polar surface area (TPSA) is 13.1 Å². The Morgan fingerprint density at radius 3 is 0.642 bits per heavy atom. The van der Waals surface area contributed by atoms with Crippen molar-refractivity contribution in [2.75, 3.05) is 0 Å². The fraction of sp³-hybridized carbons (Fsp3) is 0. The van der Waals surface area contributed by atoms with Gasteiger partial charge in [0.2, 0.25) is 0 Å². The number of fused-ring (bicyclic) bond motifs is 10. The van der Waals surface area contributed by atoms with Gasteiger partial charge < -0.3 is 4.42 Å². The Hall–Kier alpha value is -4.75. The number of furan rings is 1.